The second kappa shape index (κ2) is 6.17. The molecule has 0 aliphatic heterocycles. The van der Waals surface area contributed by atoms with Crippen LogP contribution in [0.1, 0.15) is 20.3 Å². The van der Waals surface area contributed by atoms with Crippen molar-refractivity contribution in [2.75, 3.05) is 6.61 Å². The Morgan fingerprint density at radius 1 is 1.67 bits per heavy atom. The molecule has 6 heteroatoms. The molecule has 0 aliphatic carbocycles. The van der Waals surface area contributed by atoms with E-state index in [4.69, 9.17) is 9.63 Å². The van der Waals surface area contributed by atoms with E-state index in [2.05, 4.69) is 4.52 Å². The maximum absolute atomic E-state index is 10.7. The van der Waals surface area contributed by atoms with Crippen LogP contribution in [0.2, 0.25) is 0 Å². The van der Waals surface area contributed by atoms with Crippen LogP contribution in [-0.4, -0.2) is 23.6 Å². The van der Waals surface area contributed by atoms with E-state index >= 15 is 0 Å². The van der Waals surface area contributed by atoms with Crippen LogP contribution in [0, 0.1) is 0 Å². The number of carbonyl (C=O) groups is 1. The molecule has 0 rings (SSSR count). The highest BCUT2D eigenvalue weighted by atomic mass is 31.1. The topological polar surface area (TPSA) is 72.8 Å². The van der Waals surface area contributed by atoms with Crippen LogP contribution in [0.15, 0.2) is 0 Å². The van der Waals surface area contributed by atoms with E-state index in [1.54, 1.807) is 13.8 Å². The zero-order valence-corrected chi connectivity index (χ0v) is 8.07. The molecule has 0 spiro atoms. The number of carbonyl (C=O) groups excluding carboxylic acids is 1. The van der Waals surface area contributed by atoms with Crippen LogP contribution in [-0.2, 0) is 18.6 Å². The van der Waals surface area contributed by atoms with E-state index in [1.165, 1.54) is 0 Å². The average Bonchev–Trinajstić information content (AvgIpc) is 2.00. The SMILES string of the molecule is CCC(=O)OC(C)CO[PH](=O)O. The van der Waals surface area contributed by atoms with E-state index < -0.39 is 14.4 Å². The predicted octanol–water partition coefficient (Wildman–Crippen LogP) is 0.727. The fourth-order valence-corrected chi connectivity index (χ4v) is 0.908. The van der Waals surface area contributed by atoms with Gasteiger partial charge in [-0.2, -0.15) is 0 Å². The Labute approximate surface area is 71.6 Å². The van der Waals surface area contributed by atoms with Crippen molar-refractivity contribution in [2.45, 2.75) is 26.4 Å². The van der Waals surface area contributed by atoms with Crippen LogP contribution in [0.3, 0.4) is 0 Å². The van der Waals surface area contributed by atoms with E-state index in [0.29, 0.717) is 6.42 Å². The Morgan fingerprint density at radius 2 is 2.25 bits per heavy atom. The van der Waals surface area contributed by atoms with Gasteiger partial charge in [0, 0.05) is 6.42 Å². The monoisotopic (exact) mass is 196 g/mol. The van der Waals surface area contributed by atoms with Gasteiger partial charge in [0.1, 0.15) is 6.10 Å². The molecule has 5 nitrogen and oxygen atoms in total. The second-order valence-corrected chi connectivity index (χ2v) is 3.05. The normalized spacial score (nSPS) is 15.2. The zero-order chi connectivity index (χ0) is 9.56. The van der Waals surface area contributed by atoms with Crippen molar-refractivity contribution >= 4 is 14.2 Å². The standard InChI is InChI=1S/C6H13O5P/c1-3-6(7)11-5(2)4-10-12(8)9/h5,12H,3-4H2,1-2H3,(H,8,9). The Bertz CT molecular complexity index is 169. The molecule has 0 heterocycles. The average molecular weight is 196 g/mol. The second-order valence-electron chi connectivity index (χ2n) is 2.23. The molecule has 0 amide bonds. The number of rotatable bonds is 5. The van der Waals surface area contributed by atoms with Gasteiger partial charge >= 0.3 is 14.2 Å². The van der Waals surface area contributed by atoms with E-state index in [-0.39, 0.29) is 12.6 Å². The third kappa shape index (κ3) is 6.34. The minimum atomic E-state index is -2.91. The third-order valence-electron chi connectivity index (χ3n) is 1.06. The van der Waals surface area contributed by atoms with Crippen molar-refractivity contribution in [2.24, 2.45) is 0 Å². The molecule has 0 aromatic carbocycles. The van der Waals surface area contributed by atoms with Gasteiger partial charge < -0.3 is 14.2 Å². The molecule has 0 saturated carbocycles. The van der Waals surface area contributed by atoms with Crippen molar-refractivity contribution in [1.29, 1.82) is 0 Å². The smallest absolute Gasteiger partial charge is 0.316 e. The van der Waals surface area contributed by atoms with Crippen LogP contribution in [0.25, 0.3) is 0 Å². The molecule has 72 valence electrons. The summed E-state index contributed by atoms with van der Waals surface area (Å²) in [7, 11) is -2.91. The molecule has 0 aromatic rings. The first-order chi connectivity index (χ1) is 5.56. The molecule has 0 fully saturated rings. The first-order valence-corrected chi connectivity index (χ1v) is 4.87. The van der Waals surface area contributed by atoms with Crippen LogP contribution in [0.4, 0.5) is 0 Å². The summed E-state index contributed by atoms with van der Waals surface area (Å²) in [4.78, 5) is 18.9. The van der Waals surface area contributed by atoms with Gasteiger partial charge in [-0.25, -0.2) is 0 Å². The Kier molecular flexibility index (Phi) is 5.98. The third-order valence-corrected chi connectivity index (χ3v) is 1.48. The lowest BCUT2D eigenvalue weighted by Crippen LogP contribution is -2.18. The lowest BCUT2D eigenvalue weighted by atomic mass is 10.4. The zero-order valence-electron chi connectivity index (χ0n) is 7.07. The summed E-state index contributed by atoms with van der Waals surface area (Å²) in [6.07, 6.45) is -0.183. The lowest BCUT2D eigenvalue weighted by Gasteiger charge is -2.10. The van der Waals surface area contributed by atoms with Crippen molar-refractivity contribution in [3.05, 3.63) is 0 Å². The first kappa shape index (κ1) is 11.6. The van der Waals surface area contributed by atoms with Crippen molar-refractivity contribution in [1.82, 2.24) is 0 Å². The maximum Gasteiger partial charge on any atom is 0.316 e. The highest BCUT2D eigenvalue weighted by Gasteiger charge is 2.08. The summed E-state index contributed by atoms with van der Waals surface area (Å²) >= 11 is 0. The summed E-state index contributed by atoms with van der Waals surface area (Å²) in [5, 5.41) is 0. The Balaban J connectivity index is 3.52. The Morgan fingerprint density at radius 3 is 2.67 bits per heavy atom. The van der Waals surface area contributed by atoms with Gasteiger partial charge in [0.2, 0.25) is 0 Å². The predicted molar refractivity (Wildman–Crippen MR) is 43.0 cm³/mol. The minimum Gasteiger partial charge on any atom is -0.460 e. The van der Waals surface area contributed by atoms with Crippen molar-refractivity contribution in [3.63, 3.8) is 0 Å². The molecule has 0 aliphatic rings. The minimum absolute atomic E-state index is 0.0416. The summed E-state index contributed by atoms with van der Waals surface area (Å²) in [5.74, 6) is -0.344. The van der Waals surface area contributed by atoms with Gasteiger partial charge in [0.15, 0.2) is 0 Å². The molecule has 1 N–H and O–H groups in total. The van der Waals surface area contributed by atoms with E-state index in [1.807, 2.05) is 0 Å². The van der Waals surface area contributed by atoms with Gasteiger partial charge in [-0.05, 0) is 6.92 Å². The first-order valence-electron chi connectivity index (χ1n) is 3.61. The highest BCUT2D eigenvalue weighted by molar-refractivity contribution is 7.32. The fraction of sp³-hybridized carbons (Fsp3) is 0.833. The van der Waals surface area contributed by atoms with Gasteiger partial charge in [-0.1, -0.05) is 6.92 Å². The summed E-state index contributed by atoms with van der Waals surface area (Å²) in [5.41, 5.74) is 0. The Hall–Kier alpha value is -0.380. The lowest BCUT2D eigenvalue weighted by molar-refractivity contribution is -0.149. The summed E-state index contributed by atoms with van der Waals surface area (Å²) in [6, 6.07) is 0. The molecule has 0 aromatic heterocycles. The highest BCUT2D eigenvalue weighted by Crippen LogP contribution is 2.14. The molecule has 2 unspecified atom stereocenters. The van der Waals surface area contributed by atoms with Gasteiger partial charge in [0.05, 0.1) is 6.61 Å². The quantitative estimate of drug-likeness (QED) is 0.518. The van der Waals surface area contributed by atoms with Crippen LogP contribution in [0.5, 0.6) is 0 Å². The van der Waals surface area contributed by atoms with E-state index in [0.717, 1.165) is 0 Å². The number of hydrogen-bond acceptors (Lipinski definition) is 4. The van der Waals surface area contributed by atoms with Gasteiger partial charge in [-0.15, -0.1) is 0 Å². The number of esters is 1. The van der Waals surface area contributed by atoms with Crippen LogP contribution < -0.4 is 0 Å². The van der Waals surface area contributed by atoms with E-state index in [9.17, 15) is 9.36 Å². The van der Waals surface area contributed by atoms with Gasteiger partial charge in [0.25, 0.3) is 0 Å². The number of ether oxygens (including phenoxy) is 1. The fourth-order valence-electron chi connectivity index (χ4n) is 0.530. The molecule has 12 heavy (non-hydrogen) atoms. The molecule has 0 bridgehead atoms. The molecular formula is C6H13O5P. The number of hydrogen-bond donors (Lipinski definition) is 1. The van der Waals surface area contributed by atoms with Gasteiger partial charge in [-0.3, -0.25) is 9.36 Å². The summed E-state index contributed by atoms with van der Waals surface area (Å²) in [6.45, 7) is 3.23. The molecule has 0 saturated heterocycles. The summed E-state index contributed by atoms with van der Waals surface area (Å²) < 4.78 is 19.2. The molecule has 2 atom stereocenters. The maximum atomic E-state index is 10.7. The molecule has 0 radical (unpaired) electrons. The largest absolute Gasteiger partial charge is 0.460 e. The van der Waals surface area contributed by atoms with Crippen molar-refractivity contribution < 1.29 is 23.5 Å². The van der Waals surface area contributed by atoms with Crippen molar-refractivity contribution in [3.8, 4) is 0 Å². The molecular weight excluding hydrogens is 183 g/mol. The van der Waals surface area contributed by atoms with Crippen LogP contribution >= 0.6 is 8.25 Å².